The molecule has 0 aliphatic rings. The van der Waals surface area contributed by atoms with Gasteiger partial charge in [-0.15, -0.1) is 16.7 Å². The molecule has 0 spiro atoms. The SMILES string of the molecule is FC(F)(F)c1cc(-n2cc(CCl)nn2)ccc1Br. The summed E-state index contributed by atoms with van der Waals surface area (Å²) in [5.41, 5.74) is 0.00505. The van der Waals surface area contributed by atoms with E-state index in [1.54, 1.807) is 0 Å². The van der Waals surface area contributed by atoms with E-state index in [0.717, 1.165) is 6.07 Å². The summed E-state index contributed by atoms with van der Waals surface area (Å²) >= 11 is 8.42. The molecule has 1 aromatic carbocycles. The standard InChI is InChI=1S/C10H6BrClF3N3/c11-9-2-1-7(3-8(9)10(13,14)15)18-5-6(4-12)16-17-18/h1-3,5H,4H2. The molecule has 0 amide bonds. The maximum Gasteiger partial charge on any atom is 0.417 e. The molecule has 3 nitrogen and oxygen atoms in total. The second kappa shape index (κ2) is 4.89. The Bertz CT molecular complexity index is 568. The highest BCUT2D eigenvalue weighted by Crippen LogP contribution is 2.35. The van der Waals surface area contributed by atoms with Gasteiger partial charge in [0.1, 0.15) is 0 Å². The summed E-state index contributed by atoms with van der Waals surface area (Å²) < 4.78 is 39.4. The lowest BCUT2D eigenvalue weighted by Gasteiger charge is -2.10. The Hall–Kier alpha value is -1.08. The summed E-state index contributed by atoms with van der Waals surface area (Å²) in [5.74, 6) is 0.155. The van der Waals surface area contributed by atoms with Gasteiger partial charge in [0.2, 0.25) is 0 Å². The highest BCUT2D eigenvalue weighted by atomic mass is 79.9. The second-order valence-electron chi connectivity index (χ2n) is 3.45. The van der Waals surface area contributed by atoms with Gasteiger partial charge in [0, 0.05) is 4.47 Å². The average Bonchev–Trinajstić information content (AvgIpc) is 2.76. The molecule has 0 fully saturated rings. The number of hydrogen-bond donors (Lipinski definition) is 0. The minimum absolute atomic E-state index is 0.0172. The third kappa shape index (κ3) is 2.67. The van der Waals surface area contributed by atoms with Crippen molar-refractivity contribution < 1.29 is 13.2 Å². The first-order valence-electron chi connectivity index (χ1n) is 4.76. The van der Waals surface area contributed by atoms with Crippen molar-refractivity contribution in [3.63, 3.8) is 0 Å². The predicted octanol–water partition coefficient (Wildman–Crippen LogP) is 3.79. The molecule has 1 heterocycles. The van der Waals surface area contributed by atoms with Crippen molar-refractivity contribution in [1.29, 1.82) is 0 Å². The van der Waals surface area contributed by atoms with E-state index in [1.807, 2.05) is 0 Å². The van der Waals surface area contributed by atoms with Crippen LogP contribution >= 0.6 is 27.5 Å². The number of nitrogens with zero attached hydrogens (tertiary/aromatic N) is 3. The van der Waals surface area contributed by atoms with Crippen LogP contribution < -0.4 is 0 Å². The van der Waals surface area contributed by atoms with Crippen molar-refractivity contribution in [3.05, 3.63) is 40.1 Å². The monoisotopic (exact) mass is 339 g/mol. The van der Waals surface area contributed by atoms with Gasteiger partial charge in [-0.2, -0.15) is 13.2 Å². The highest BCUT2D eigenvalue weighted by Gasteiger charge is 2.33. The number of hydrogen-bond acceptors (Lipinski definition) is 2. The quantitative estimate of drug-likeness (QED) is 0.779. The molecule has 2 rings (SSSR count). The summed E-state index contributed by atoms with van der Waals surface area (Å²) in [4.78, 5) is 0. The third-order valence-corrected chi connectivity index (χ3v) is 3.16. The van der Waals surface area contributed by atoms with E-state index in [0.29, 0.717) is 5.69 Å². The Labute approximate surface area is 114 Å². The molecule has 0 saturated heterocycles. The predicted molar refractivity (Wildman–Crippen MR) is 63.6 cm³/mol. The van der Waals surface area contributed by atoms with Crippen LogP contribution in [0.2, 0.25) is 0 Å². The van der Waals surface area contributed by atoms with Crippen molar-refractivity contribution in [2.75, 3.05) is 0 Å². The molecule has 8 heteroatoms. The number of rotatable bonds is 2. The molecule has 96 valence electrons. The smallest absolute Gasteiger partial charge is 0.220 e. The molecule has 0 radical (unpaired) electrons. The molecule has 0 aliphatic carbocycles. The second-order valence-corrected chi connectivity index (χ2v) is 4.57. The summed E-state index contributed by atoms with van der Waals surface area (Å²) in [6, 6.07) is 3.82. The summed E-state index contributed by atoms with van der Waals surface area (Å²) in [5, 5.41) is 7.42. The van der Waals surface area contributed by atoms with Crippen LogP contribution in [0.15, 0.2) is 28.9 Å². The van der Waals surface area contributed by atoms with E-state index in [1.165, 1.54) is 23.0 Å². The van der Waals surface area contributed by atoms with Crippen molar-refractivity contribution >= 4 is 27.5 Å². The van der Waals surface area contributed by atoms with Gasteiger partial charge in [-0.3, -0.25) is 0 Å². The molecular weight excluding hydrogens is 334 g/mol. The van der Waals surface area contributed by atoms with Gasteiger partial charge >= 0.3 is 6.18 Å². The van der Waals surface area contributed by atoms with Gasteiger partial charge in [-0.25, -0.2) is 4.68 Å². The fourth-order valence-electron chi connectivity index (χ4n) is 1.36. The zero-order valence-electron chi connectivity index (χ0n) is 8.75. The fourth-order valence-corrected chi connectivity index (χ4v) is 1.95. The Morgan fingerprint density at radius 2 is 2.06 bits per heavy atom. The Morgan fingerprint density at radius 3 is 2.61 bits per heavy atom. The molecule has 0 unspecified atom stereocenters. The molecule has 0 saturated carbocycles. The van der Waals surface area contributed by atoms with Crippen LogP contribution in [0.4, 0.5) is 13.2 Å². The average molecular weight is 341 g/mol. The van der Waals surface area contributed by atoms with E-state index in [4.69, 9.17) is 11.6 Å². The lowest BCUT2D eigenvalue weighted by Crippen LogP contribution is -2.07. The van der Waals surface area contributed by atoms with E-state index >= 15 is 0 Å². The molecule has 0 aliphatic heterocycles. The van der Waals surface area contributed by atoms with Crippen LogP contribution in [-0.4, -0.2) is 15.0 Å². The van der Waals surface area contributed by atoms with Gasteiger partial charge in [-0.05, 0) is 18.2 Å². The lowest BCUT2D eigenvalue weighted by atomic mass is 10.2. The summed E-state index contributed by atoms with van der Waals surface area (Å²) in [6.45, 7) is 0. The first kappa shape index (κ1) is 13.4. The highest BCUT2D eigenvalue weighted by molar-refractivity contribution is 9.10. The van der Waals surface area contributed by atoms with Crippen LogP contribution in [0.1, 0.15) is 11.3 Å². The van der Waals surface area contributed by atoms with Crippen molar-refractivity contribution in [1.82, 2.24) is 15.0 Å². The molecule has 2 aromatic rings. The van der Waals surface area contributed by atoms with Crippen LogP contribution in [0, 0.1) is 0 Å². The van der Waals surface area contributed by atoms with Gasteiger partial charge in [0.05, 0.1) is 29.0 Å². The van der Waals surface area contributed by atoms with Gasteiger partial charge < -0.3 is 0 Å². The zero-order chi connectivity index (χ0) is 13.3. The Balaban J connectivity index is 2.47. The Kier molecular flexibility index (Phi) is 3.63. The Morgan fingerprint density at radius 1 is 1.33 bits per heavy atom. The van der Waals surface area contributed by atoms with E-state index < -0.39 is 11.7 Å². The minimum Gasteiger partial charge on any atom is -0.220 e. The minimum atomic E-state index is -4.43. The molecule has 18 heavy (non-hydrogen) atoms. The summed E-state index contributed by atoms with van der Waals surface area (Å²) in [7, 11) is 0. The first-order chi connectivity index (χ1) is 8.41. The van der Waals surface area contributed by atoms with E-state index in [2.05, 4.69) is 26.2 Å². The normalized spacial score (nSPS) is 11.8. The van der Waals surface area contributed by atoms with Crippen molar-refractivity contribution in [2.45, 2.75) is 12.1 Å². The van der Waals surface area contributed by atoms with Gasteiger partial charge in [-0.1, -0.05) is 21.1 Å². The fraction of sp³-hybridized carbons (Fsp3) is 0.200. The van der Waals surface area contributed by atoms with Gasteiger partial charge in [0.15, 0.2) is 0 Å². The topological polar surface area (TPSA) is 30.7 Å². The summed E-state index contributed by atoms with van der Waals surface area (Å²) in [6.07, 6.45) is -2.94. The molecule has 0 atom stereocenters. The van der Waals surface area contributed by atoms with E-state index in [-0.39, 0.29) is 16.0 Å². The first-order valence-corrected chi connectivity index (χ1v) is 6.09. The van der Waals surface area contributed by atoms with Crippen molar-refractivity contribution in [3.8, 4) is 5.69 Å². The maximum absolute atomic E-state index is 12.7. The zero-order valence-corrected chi connectivity index (χ0v) is 11.1. The maximum atomic E-state index is 12.7. The third-order valence-electron chi connectivity index (χ3n) is 2.20. The molecular formula is C10H6BrClF3N3. The molecule has 0 N–H and O–H groups in total. The number of alkyl halides is 4. The number of aromatic nitrogens is 3. The van der Waals surface area contributed by atoms with Crippen LogP contribution in [0.3, 0.4) is 0 Å². The van der Waals surface area contributed by atoms with Crippen LogP contribution in [0.25, 0.3) is 5.69 Å². The lowest BCUT2D eigenvalue weighted by molar-refractivity contribution is -0.138. The van der Waals surface area contributed by atoms with Crippen LogP contribution in [-0.2, 0) is 12.1 Å². The molecule has 0 bridgehead atoms. The molecule has 1 aromatic heterocycles. The number of benzene rings is 1. The van der Waals surface area contributed by atoms with Crippen molar-refractivity contribution in [2.24, 2.45) is 0 Å². The van der Waals surface area contributed by atoms with E-state index in [9.17, 15) is 13.2 Å². The van der Waals surface area contributed by atoms with Crippen LogP contribution in [0.5, 0.6) is 0 Å². The van der Waals surface area contributed by atoms with Gasteiger partial charge in [0.25, 0.3) is 0 Å². The largest absolute Gasteiger partial charge is 0.417 e. The number of halogens is 5.